The number of ether oxygens (including phenoxy) is 1. The second-order valence-electron chi connectivity index (χ2n) is 7.39. The van der Waals surface area contributed by atoms with Crippen molar-refractivity contribution in [1.82, 2.24) is 0 Å². The normalized spacial score (nSPS) is 15.7. The van der Waals surface area contributed by atoms with Crippen molar-refractivity contribution in [2.45, 2.75) is 116 Å². The number of rotatable bonds is 14. The second kappa shape index (κ2) is 15.0. The van der Waals surface area contributed by atoms with Crippen LogP contribution in [0.1, 0.15) is 116 Å². The third-order valence-corrected chi connectivity index (χ3v) is 5.18. The fraction of sp³-hybridized carbons (Fsp3) is 0.952. The van der Waals surface area contributed by atoms with Gasteiger partial charge in [-0.3, -0.25) is 4.79 Å². The third kappa shape index (κ3) is 11.6. The molecule has 1 aliphatic rings. The lowest BCUT2D eigenvalue weighted by atomic mass is 9.89. The first-order valence-corrected chi connectivity index (χ1v) is 10.5. The van der Waals surface area contributed by atoms with Gasteiger partial charge in [0.2, 0.25) is 0 Å². The van der Waals surface area contributed by atoms with Crippen LogP contribution in [0, 0.1) is 5.92 Å². The van der Waals surface area contributed by atoms with E-state index in [0.29, 0.717) is 6.61 Å². The highest BCUT2D eigenvalue weighted by molar-refractivity contribution is 5.72. The molecule has 0 radical (unpaired) electrons. The van der Waals surface area contributed by atoms with Gasteiger partial charge in [-0.1, -0.05) is 96.8 Å². The van der Waals surface area contributed by atoms with Gasteiger partial charge in [0, 0.05) is 0 Å². The maximum Gasteiger partial charge on any atom is 0.308 e. The zero-order valence-corrected chi connectivity index (χ0v) is 15.6. The monoisotopic (exact) mass is 324 g/mol. The molecule has 1 rings (SSSR count). The fourth-order valence-electron chi connectivity index (χ4n) is 3.57. The van der Waals surface area contributed by atoms with E-state index in [4.69, 9.17) is 4.74 Å². The van der Waals surface area contributed by atoms with E-state index in [1.807, 2.05) is 0 Å². The van der Waals surface area contributed by atoms with Crippen LogP contribution in [-0.2, 0) is 9.53 Å². The number of carbonyl (C=O) groups is 1. The molecular weight excluding hydrogens is 284 g/mol. The Morgan fingerprint density at radius 2 is 1.22 bits per heavy atom. The van der Waals surface area contributed by atoms with E-state index in [0.717, 1.165) is 19.3 Å². The largest absolute Gasteiger partial charge is 0.465 e. The van der Waals surface area contributed by atoms with E-state index in [9.17, 15) is 4.79 Å². The SMILES string of the molecule is CCCCCCCCCCCCCCOC(=O)C1CCCCC1. The van der Waals surface area contributed by atoms with Crippen molar-refractivity contribution >= 4 is 5.97 Å². The lowest BCUT2D eigenvalue weighted by Gasteiger charge is -2.19. The fourth-order valence-corrected chi connectivity index (χ4v) is 3.57. The molecule has 0 spiro atoms. The van der Waals surface area contributed by atoms with E-state index in [1.165, 1.54) is 89.9 Å². The van der Waals surface area contributed by atoms with Crippen LogP contribution >= 0.6 is 0 Å². The van der Waals surface area contributed by atoms with E-state index in [1.54, 1.807) is 0 Å². The van der Waals surface area contributed by atoms with Gasteiger partial charge in [-0.25, -0.2) is 0 Å². The topological polar surface area (TPSA) is 26.3 Å². The standard InChI is InChI=1S/C21H40O2/c1-2-3-4-5-6-7-8-9-10-11-12-16-19-23-21(22)20-17-14-13-15-18-20/h20H,2-19H2,1H3. The van der Waals surface area contributed by atoms with E-state index >= 15 is 0 Å². The minimum absolute atomic E-state index is 0.0766. The molecular formula is C21H40O2. The summed E-state index contributed by atoms with van der Waals surface area (Å²) in [5, 5.41) is 0. The lowest BCUT2D eigenvalue weighted by molar-refractivity contribution is -0.149. The molecule has 136 valence electrons. The smallest absolute Gasteiger partial charge is 0.308 e. The summed E-state index contributed by atoms with van der Waals surface area (Å²) in [4.78, 5) is 11.9. The van der Waals surface area contributed by atoms with Crippen LogP contribution in [0.2, 0.25) is 0 Å². The summed E-state index contributed by atoms with van der Waals surface area (Å²) in [6.45, 7) is 2.92. The van der Waals surface area contributed by atoms with Crippen LogP contribution in [0.15, 0.2) is 0 Å². The zero-order valence-electron chi connectivity index (χ0n) is 15.6. The molecule has 0 aliphatic heterocycles. The van der Waals surface area contributed by atoms with Gasteiger partial charge in [0.1, 0.15) is 0 Å². The second-order valence-corrected chi connectivity index (χ2v) is 7.39. The first-order valence-electron chi connectivity index (χ1n) is 10.5. The van der Waals surface area contributed by atoms with Gasteiger partial charge >= 0.3 is 5.97 Å². The van der Waals surface area contributed by atoms with E-state index in [2.05, 4.69) is 6.92 Å². The van der Waals surface area contributed by atoms with Crippen molar-refractivity contribution < 1.29 is 9.53 Å². The highest BCUT2D eigenvalue weighted by Crippen LogP contribution is 2.24. The van der Waals surface area contributed by atoms with E-state index < -0.39 is 0 Å². The Labute approximate surface area is 144 Å². The van der Waals surface area contributed by atoms with Crippen LogP contribution in [0.5, 0.6) is 0 Å². The van der Waals surface area contributed by atoms with Crippen molar-refractivity contribution in [2.75, 3.05) is 6.61 Å². The number of carbonyl (C=O) groups excluding carboxylic acids is 1. The average molecular weight is 325 g/mol. The summed E-state index contributed by atoms with van der Waals surface area (Å²) in [5.74, 6) is 0.286. The summed E-state index contributed by atoms with van der Waals surface area (Å²) in [6, 6.07) is 0. The Kier molecular flexibility index (Phi) is 13.4. The molecule has 1 fully saturated rings. The molecule has 0 amide bonds. The Morgan fingerprint density at radius 1 is 0.739 bits per heavy atom. The summed E-state index contributed by atoms with van der Waals surface area (Å²) in [7, 11) is 0. The van der Waals surface area contributed by atoms with Crippen LogP contribution in [0.3, 0.4) is 0 Å². The highest BCUT2D eigenvalue weighted by Gasteiger charge is 2.21. The van der Waals surface area contributed by atoms with Crippen molar-refractivity contribution in [3.8, 4) is 0 Å². The molecule has 23 heavy (non-hydrogen) atoms. The van der Waals surface area contributed by atoms with Gasteiger partial charge in [-0.15, -0.1) is 0 Å². The maximum absolute atomic E-state index is 11.9. The summed E-state index contributed by atoms with van der Waals surface area (Å²) in [5.41, 5.74) is 0. The zero-order chi connectivity index (χ0) is 16.6. The van der Waals surface area contributed by atoms with Gasteiger partial charge in [0.05, 0.1) is 12.5 Å². The molecule has 2 heteroatoms. The predicted molar refractivity (Wildman–Crippen MR) is 98.6 cm³/mol. The molecule has 0 bridgehead atoms. The molecule has 1 aliphatic carbocycles. The van der Waals surface area contributed by atoms with Gasteiger partial charge in [0.25, 0.3) is 0 Å². The van der Waals surface area contributed by atoms with Gasteiger partial charge in [0.15, 0.2) is 0 Å². The predicted octanol–water partition coefficient (Wildman–Crippen LogP) is 6.81. The summed E-state index contributed by atoms with van der Waals surface area (Å²) in [6.07, 6.45) is 22.0. The Balaban J connectivity index is 1.76. The molecule has 0 heterocycles. The third-order valence-electron chi connectivity index (χ3n) is 5.18. The Bertz CT molecular complexity index is 269. The molecule has 0 unspecified atom stereocenters. The van der Waals surface area contributed by atoms with Crippen LogP contribution in [0.4, 0.5) is 0 Å². The van der Waals surface area contributed by atoms with E-state index in [-0.39, 0.29) is 11.9 Å². The molecule has 0 aromatic carbocycles. The molecule has 0 aromatic rings. The number of hydrogen-bond donors (Lipinski definition) is 0. The molecule has 2 nitrogen and oxygen atoms in total. The molecule has 0 aromatic heterocycles. The van der Waals surface area contributed by atoms with Gasteiger partial charge < -0.3 is 4.74 Å². The number of esters is 1. The van der Waals surface area contributed by atoms with Crippen molar-refractivity contribution in [1.29, 1.82) is 0 Å². The molecule has 0 saturated heterocycles. The Hall–Kier alpha value is -0.530. The molecule has 1 saturated carbocycles. The molecule has 0 atom stereocenters. The van der Waals surface area contributed by atoms with Crippen LogP contribution in [-0.4, -0.2) is 12.6 Å². The number of hydrogen-bond acceptors (Lipinski definition) is 2. The highest BCUT2D eigenvalue weighted by atomic mass is 16.5. The number of unbranched alkanes of at least 4 members (excludes halogenated alkanes) is 11. The first kappa shape index (κ1) is 20.5. The van der Waals surface area contributed by atoms with Gasteiger partial charge in [-0.2, -0.15) is 0 Å². The minimum atomic E-state index is 0.0766. The average Bonchev–Trinajstić information content (AvgIpc) is 2.59. The minimum Gasteiger partial charge on any atom is -0.465 e. The van der Waals surface area contributed by atoms with Gasteiger partial charge in [-0.05, 0) is 19.3 Å². The van der Waals surface area contributed by atoms with Crippen molar-refractivity contribution in [2.24, 2.45) is 5.92 Å². The van der Waals surface area contributed by atoms with Crippen LogP contribution < -0.4 is 0 Å². The quantitative estimate of drug-likeness (QED) is 0.259. The van der Waals surface area contributed by atoms with Crippen molar-refractivity contribution in [3.05, 3.63) is 0 Å². The first-order chi connectivity index (χ1) is 11.3. The van der Waals surface area contributed by atoms with Crippen LogP contribution in [0.25, 0.3) is 0 Å². The lowest BCUT2D eigenvalue weighted by Crippen LogP contribution is -2.20. The molecule has 0 N–H and O–H groups in total. The van der Waals surface area contributed by atoms with Crippen molar-refractivity contribution in [3.63, 3.8) is 0 Å². The Morgan fingerprint density at radius 3 is 1.74 bits per heavy atom. The maximum atomic E-state index is 11.9. The summed E-state index contributed by atoms with van der Waals surface area (Å²) >= 11 is 0. The summed E-state index contributed by atoms with van der Waals surface area (Å²) < 4.78 is 5.43.